The number of anilines is 1. The Morgan fingerprint density at radius 3 is 2.63 bits per heavy atom. The maximum Gasteiger partial charge on any atom is 0.410 e. The Kier molecular flexibility index (Phi) is 5.08. The van der Waals surface area contributed by atoms with Gasteiger partial charge in [0.05, 0.1) is 12.6 Å². The van der Waals surface area contributed by atoms with Crippen LogP contribution in [0.4, 0.5) is 15.0 Å². The Morgan fingerprint density at radius 1 is 1.26 bits per heavy atom. The quantitative estimate of drug-likeness (QED) is 0.802. The van der Waals surface area contributed by atoms with E-state index in [-0.39, 0.29) is 17.9 Å². The Hall–Kier alpha value is -2.64. The molecule has 7 nitrogen and oxygen atoms in total. The van der Waals surface area contributed by atoms with Crippen LogP contribution in [0.2, 0.25) is 0 Å². The first-order valence-corrected chi connectivity index (χ1v) is 8.92. The highest BCUT2D eigenvalue weighted by Gasteiger charge is 2.32. The second kappa shape index (κ2) is 7.17. The van der Waals surface area contributed by atoms with Gasteiger partial charge in [-0.3, -0.25) is 0 Å². The molecular weight excluding hydrogens is 351 g/mol. The summed E-state index contributed by atoms with van der Waals surface area (Å²) in [6.07, 6.45) is 1.11. The van der Waals surface area contributed by atoms with Crippen molar-refractivity contribution >= 4 is 22.8 Å². The lowest BCUT2D eigenvalue weighted by atomic mass is 10.1. The van der Waals surface area contributed by atoms with Crippen molar-refractivity contribution in [3.63, 3.8) is 0 Å². The minimum absolute atomic E-state index is 0.0547. The first-order chi connectivity index (χ1) is 12.7. The number of carbonyl (C=O) groups excluding carboxylic acids is 1. The standard InChI is InChI=1S/C19H25FN4O3/c1-12-10-23(6-7-24(12)18(25)27-19(2,3)4)17-13-8-16(26-5)14(20)9-15(13)21-11-22-17/h8-9,11-12H,6-7,10H2,1-5H3. The first kappa shape index (κ1) is 19.1. The molecule has 1 unspecified atom stereocenters. The van der Waals surface area contributed by atoms with Gasteiger partial charge >= 0.3 is 6.09 Å². The summed E-state index contributed by atoms with van der Waals surface area (Å²) in [7, 11) is 1.43. The maximum absolute atomic E-state index is 14.0. The van der Waals surface area contributed by atoms with Crippen molar-refractivity contribution in [2.24, 2.45) is 0 Å². The summed E-state index contributed by atoms with van der Waals surface area (Å²) in [6.45, 7) is 9.22. The molecule has 8 heteroatoms. The Balaban J connectivity index is 1.84. The number of aromatic nitrogens is 2. The SMILES string of the molecule is COc1cc2c(N3CCN(C(=O)OC(C)(C)C)C(C)C3)ncnc2cc1F. The first-order valence-electron chi connectivity index (χ1n) is 8.92. The summed E-state index contributed by atoms with van der Waals surface area (Å²) in [5.74, 6) is 0.394. The zero-order chi connectivity index (χ0) is 19.8. The van der Waals surface area contributed by atoms with Crippen LogP contribution in [0.3, 0.4) is 0 Å². The van der Waals surface area contributed by atoms with Crippen molar-refractivity contribution in [3.05, 3.63) is 24.3 Å². The van der Waals surface area contributed by atoms with Crippen molar-refractivity contribution in [1.29, 1.82) is 0 Å². The topological polar surface area (TPSA) is 67.8 Å². The fourth-order valence-corrected chi connectivity index (χ4v) is 3.19. The van der Waals surface area contributed by atoms with Gasteiger partial charge in [0.15, 0.2) is 11.6 Å². The molecule has 2 aromatic rings. The lowest BCUT2D eigenvalue weighted by Gasteiger charge is -2.40. The second-order valence-corrected chi connectivity index (χ2v) is 7.67. The molecule has 0 radical (unpaired) electrons. The fraction of sp³-hybridized carbons (Fsp3) is 0.526. The Bertz CT molecular complexity index is 853. The number of nitrogens with zero attached hydrogens (tertiary/aromatic N) is 4. The van der Waals surface area contributed by atoms with Crippen molar-refractivity contribution in [3.8, 4) is 5.75 Å². The van der Waals surface area contributed by atoms with Gasteiger partial charge in [0, 0.05) is 37.1 Å². The molecule has 1 fully saturated rings. The molecule has 0 N–H and O–H groups in total. The van der Waals surface area contributed by atoms with Crippen LogP contribution in [0.15, 0.2) is 18.5 Å². The van der Waals surface area contributed by atoms with Gasteiger partial charge in [-0.25, -0.2) is 19.2 Å². The van der Waals surface area contributed by atoms with Gasteiger partial charge in [0.2, 0.25) is 0 Å². The van der Waals surface area contributed by atoms with Crippen molar-refractivity contribution in [2.75, 3.05) is 31.6 Å². The van der Waals surface area contributed by atoms with Gasteiger partial charge in [0.1, 0.15) is 17.7 Å². The number of fused-ring (bicyclic) bond motifs is 1. The number of amides is 1. The molecule has 0 aliphatic carbocycles. The van der Waals surface area contributed by atoms with E-state index in [0.717, 1.165) is 0 Å². The third-order valence-electron chi connectivity index (χ3n) is 4.44. The molecule has 1 amide bonds. The van der Waals surface area contributed by atoms with Gasteiger partial charge in [-0.05, 0) is 33.8 Å². The van der Waals surface area contributed by atoms with E-state index in [1.165, 1.54) is 19.5 Å². The van der Waals surface area contributed by atoms with Gasteiger partial charge in [-0.1, -0.05) is 0 Å². The molecule has 1 saturated heterocycles. The average Bonchev–Trinajstić information content (AvgIpc) is 2.58. The molecule has 27 heavy (non-hydrogen) atoms. The predicted octanol–water partition coefficient (Wildman–Crippen LogP) is 3.22. The summed E-state index contributed by atoms with van der Waals surface area (Å²) >= 11 is 0. The highest BCUT2D eigenvalue weighted by molar-refractivity contribution is 5.90. The van der Waals surface area contributed by atoms with Crippen LogP contribution in [0.1, 0.15) is 27.7 Å². The molecule has 2 heterocycles. The summed E-state index contributed by atoms with van der Waals surface area (Å²) in [5.41, 5.74) is -0.0160. The number of carbonyl (C=O) groups is 1. The second-order valence-electron chi connectivity index (χ2n) is 7.67. The number of halogens is 1. The number of methoxy groups -OCH3 is 1. The van der Waals surface area contributed by atoms with Gasteiger partial charge in [-0.15, -0.1) is 0 Å². The van der Waals surface area contributed by atoms with E-state index in [1.807, 2.05) is 27.7 Å². The number of ether oxygens (including phenoxy) is 2. The van der Waals surface area contributed by atoms with Gasteiger partial charge < -0.3 is 19.3 Å². The van der Waals surface area contributed by atoms with Crippen molar-refractivity contribution in [1.82, 2.24) is 14.9 Å². The Morgan fingerprint density at radius 2 is 2.00 bits per heavy atom. The molecular formula is C19H25FN4O3. The summed E-state index contributed by atoms with van der Waals surface area (Å²) in [6, 6.07) is 2.91. The molecule has 3 rings (SSSR count). The molecule has 0 spiro atoms. The molecule has 1 aliphatic heterocycles. The van der Waals surface area contributed by atoms with E-state index in [9.17, 15) is 9.18 Å². The number of rotatable bonds is 2. The van der Waals surface area contributed by atoms with E-state index >= 15 is 0 Å². The van der Waals surface area contributed by atoms with Crippen LogP contribution in [0.5, 0.6) is 5.75 Å². The van der Waals surface area contributed by atoms with Crippen molar-refractivity contribution in [2.45, 2.75) is 39.3 Å². The van der Waals surface area contributed by atoms with E-state index < -0.39 is 11.4 Å². The zero-order valence-corrected chi connectivity index (χ0v) is 16.3. The van der Waals surface area contributed by atoms with Crippen molar-refractivity contribution < 1.29 is 18.7 Å². The number of hydrogen-bond acceptors (Lipinski definition) is 6. The van der Waals surface area contributed by atoms with Crippen LogP contribution in [-0.4, -0.2) is 59.3 Å². The normalized spacial score (nSPS) is 17.9. The molecule has 0 bridgehead atoms. The smallest absolute Gasteiger partial charge is 0.410 e. The number of benzene rings is 1. The van der Waals surface area contributed by atoms with Crippen LogP contribution >= 0.6 is 0 Å². The minimum atomic E-state index is -0.530. The fourth-order valence-electron chi connectivity index (χ4n) is 3.19. The molecule has 146 valence electrons. The van der Waals surface area contributed by atoms with Crippen LogP contribution < -0.4 is 9.64 Å². The molecule has 0 saturated carbocycles. The molecule has 1 aromatic carbocycles. The van der Waals surface area contributed by atoms with Gasteiger partial charge in [-0.2, -0.15) is 0 Å². The predicted molar refractivity (Wildman–Crippen MR) is 101 cm³/mol. The van der Waals surface area contributed by atoms with E-state index in [2.05, 4.69) is 14.9 Å². The minimum Gasteiger partial charge on any atom is -0.494 e. The highest BCUT2D eigenvalue weighted by Crippen LogP contribution is 2.30. The lowest BCUT2D eigenvalue weighted by Crippen LogP contribution is -2.55. The maximum atomic E-state index is 14.0. The van der Waals surface area contributed by atoms with E-state index in [4.69, 9.17) is 9.47 Å². The zero-order valence-electron chi connectivity index (χ0n) is 16.3. The van der Waals surface area contributed by atoms with Crippen LogP contribution in [0, 0.1) is 5.82 Å². The third-order valence-corrected chi connectivity index (χ3v) is 4.44. The number of piperazine rings is 1. The molecule has 1 atom stereocenters. The highest BCUT2D eigenvalue weighted by atomic mass is 19.1. The summed E-state index contributed by atoms with van der Waals surface area (Å²) in [4.78, 5) is 24.8. The largest absolute Gasteiger partial charge is 0.494 e. The third kappa shape index (κ3) is 4.04. The molecule has 1 aromatic heterocycles. The van der Waals surface area contributed by atoms with Gasteiger partial charge in [0.25, 0.3) is 0 Å². The van der Waals surface area contributed by atoms with E-state index in [0.29, 0.717) is 36.4 Å². The Labute approximate surface area is 158 Å². The van der Waals surface area contributed by atoms with Crippen LogP contribution in [0.25, 0.3) is 10.9 Å². The monoisotopic (exact) mass is 376 g/mol. The summed E-state index contributed by atoms with van der Waals surface area (Å²) in [5, 5.41) is 0.716. The summed E-state index contributed by atoms with van der Waals surface area (Å²) < 4.78 is 24.6. The van der Waals surface area contributed by atoms with E-state index in [1.54, 1.807) is 11.0 Å². The lowest BCUT2D eigenvalue weighted by molar-refractivity contribution is 0.0159. The number of hydrogen-bond donors (Lipinski definition) is 0. The molecule has 1 aliphatic rings. The van der Waals surface area contributed by atoms with Crippen LogP contribution in [-0.2, 0) is 4.74 Å². The average molecular weight is 376 g/mol.